The van der Waals surface area contributed by atoms with E-state index < -0.39 is 4.92 Å². The predicted molar refractivity (Wildman–Crippen MR) is 136 cm³/mol. The SMILES string of the molecule is COc1ccc(CN2C(=S)N[C@@H](c3ccccn3)[C@H]2c2cccn2-c2ccc([N+](=O)[O-])cc2)cc1. The molecule has 0 spiro atoms. The van der Waals surface area contributed by atoms with Crippen molar-refractivity contribution in [3.8, 4) is 11.4 Å². The van der Waals surface area contributed by atoms with Gasteiger partial charge in [0.15, 0.2) is 5.11 Å². The molecular weight excluding hydrogens is 462 g/mol. The zero-order valence-electron chi connectivity index (χ0n) is 18.9. The largest absolute Gasteiger partial charge is 0.497 e. The summed E-state index contributed by atoms with van der Waals surface area (Å²) in [5.41, 5.74) is 3.86. The lowest BCUT2D eigenvalue weighted by atomic mass is 10.0. The zero-order chi connectivity index (χ0) is 24.4. The third-order valence-electron chi connectivity index (χ3n) is 6.13. The molecule has 0 saturated carbocycles. The van der Waals surface area contributed by atoms with Crippen LogP contribution in [-0.4, -0.2) is 31.6 Å². The van der Waals surface area contributed by atoms with Gasteiger partial charge in [0.25, 0.3) is 5.69 Å². The van der Waals surface area contributed by atoms with Crippen molar-refractivity contribution in [1.29, 1.82) is 0 Å². The summed E-state index contributed by atoms with van der Waals surface area (Å²) in [6, 6.07) is 24.0. The van der Waals surface area contributed by atoms with Crippen molar-refractivity contribution in [3.63, 3.8) is 0 Å². The number of methoxy groups -OCH3 is 1. The zero-order valence-corrected chi connectivity index (χ0v) is 19.8. The summed E-state index contributed by atoms with van der Waals surface area (Å²) >= 11 is 5.80. The fourth-order valence-corrected chi connectivity index (χ4v) is 4.74. The fourth-order valence-electron chi connectivity index (χ4n) is 4.43. The van der Waals surface area contributed by atoms with E-state index in [0.717, 1.165) is 28.4 Å². The Hall–Kier alpha value is -4.24. The Bertz CT molecular complexity index is 1340. The van der Waals surface area contributed by atoms with E-state index in [4.69, 9.17) is 17.0 Å². The van der Waals surface area contributed by atoms with E-state index in [1.54, 1.807) is 25.4 Å². The number of thiocarbonyl (C=S) groups is 1. The summed E-state index contributed by atoms with van der Waals surface area (Å²) in [5, 5.41) is 15.2. The lowest BCUT2D eigenvalue weighted by molar-refractivity contribution is -0.384. The van der Waals surface area contributed by atoms with Crippen LogP contribution in [0.5, 0.6) is 5.75 Å². The Labute approximate surface area is 207 Å². The molecule has 0 unspecified atom stereocenters. The minimum Gasteiger partial charge on any atom is -0.497 e. The number of nitrogens with one attached hydrogen (secondary N) is 1. The number of benzene rings is 2. The van der Waals surface area contributed by atoms with Gasteiger partial charge in [-0.1, -0.05) is 18.2 Å². The standard InChI is InChI=1S/C26H23N5O3S/c1-34-21-13-7-18(8-14-21)17-30-25(24(28-26(30)35)22-5-2-3-15-27-22)23-6-4-16-29(23)19-9-11-20(12-10-19)31(32)33/h2-16,24-25H,17H2,1H3,(H,28,35)/t24-,25+/m0/s1. The molecule has 1 aliphatic heterocycles. The van der Waals surface area contributed by atoms with E-state index in [-0.39, 0.29) is 17.8 Å². The molecule has 2 aromatic carbocycles. The van der Waals surface area contributed by atoms with Crippen LogP contribution in [-0.2, 0) is 6.54 Å². The molecule has 176 valence electrons. The van der Waals surface area contributed by atoms with Crippen molar-refractivity contribution in [2.45, 2.75) is 18.6 Å². The molecule has 9 heteroatoms. The number of pyridine rings is 1. The van der Waals surface area contributed by atoms with Gasteiger partial charge in [-0.15, -0.1) is 0 Å². The highest BCUT2D eigenvalue weighted by Gasteiger charge is 2.41. The van der Waals surface area contributed by atoms with E-state index in [0.29, 0.717) is 11.7 Å². The molecule has 0 radical (unpaired) electrons. The van der Waals surface area contributed by atoms with Crippen LogP contribution in [0.15, 0.2) is 91.3 Å². The maximum Gasteiger partial charge on any atom is 0.269 e. The number of nitro benzene ring substituents is 1. The molecule has 1 aliphatic rings. The number of hydrogen-bond donors (Lipinski definition) is 1. The quantitative estimate of drug-likeness (QED) is 0.225. The van der Waals surface area contributed by atoms with Gasteiger partial charge in [0.05, 0.1) is 29.8 Å². The molecule has 35 heavy (non-hydrogen) atoms. The minimum atomic E-state index is -0.395. The van der Waals surface area contributed by atoms with Crippen LogP contribution in [0.25, 0.3) is 5.69 Å². The van der Waals surface area contributed by atoms with E-state index in [2.05, 4.69) is 21.3 Å². The number of nitro groups is 1. The van der Waals surface area contributed by atoms with Crippen LogP contribution in [0, 0.1) is 10.1 Å². The van der Waals surface area contributed by atoms with Gasteiger partial charge in [-0.3, -0.25) is 15.1 Å². The van der Waals surface area contributed by atoms with Crippen LogP contribution < -0.4 is 10.1 Å². The molecule has 8 nitrogen and oxygen atoms in total. The van der Waals surface area contributed by atoms with E-state index in [1.165, 1.54) is 12.1 Å². The fraction of sp³-hybridized carbons (Fsp3) is 0.154. The average molecular weight is 486 g/mol. The topological polar surface area (TPSA) is 85.5 Å². The van der Waals surface area contributed by atoms with Crippen molar-refractivity contribution in [2.24, 2.45) is 0 Å². The first-order valence-corrected chi connectivity index (χ1v) is 11.5. The third-order valence-corrected chi connectivity index (χ3v) is 6.48. The van der Waals surface area contributed by atoms with Crippen molar-refractivity contribution in [2.75, 3.05) is 7.11 Å². The monoisotopic (exact) mass is 485 g/mol. The second-order valence-electron chi connectivity index (χ2n) is 8.18. The van der Waals surface area contributed by atoms with Gasteiger partial charge in [-0.05, 0) is 66.3 Å². The average Bonchev–Trinajstić information content (AvgIpc) is 3.49. The first-order valence-electron chi connectivity index (χ1n) is 11.1. The first-order chi connectivity index (χ1) is 17.0. The molecule has 0 amide bonds. The number of non-ortho nitro benzene ring substituents is 1. The molecule has 4 aromatic rings. The van der Waals surface area contributed by atoms with E-state index in [9.17, 15) is 10.1 Å². The molecule has 3 heterocycles. The second-order valence-corrected chi connectivity index (χ2v) is 8.57. The summed E-state index contributed by atoms with van der Waals surface area (Å²) in [6.07, 6.45) is 3.73. The summed E-state index contributed by atoms with van der Waals surface area (Å²) < 4.78 is 7.34. The molecule has 0 aliphatic carbocycles. The molecule has 1 N–H and O–H groups in total. The first kappa shape index (κ1) is 22.5. The van der Waals surface area contributed by atoms with Crippen LogP contribution in [0.1, 0.15) is 29.0 Å². The van der Waals surface area contributed by atoms with Gasteiger partial charge in [0.2, 0.25) is 0 Å². The predicted octanol–water partition coefficient (Wildman–Crippen LogP) is 4.96. The van der Waals surface area contributed by atoms with E-state index >= 15 is 0 Å². The molecule has 1 fully saturated rings. The summed E-state index contributed by atoms with van der Waals surface area (Å²) in [5.74, 6) is 0.797. The van der Waals surface area contributed by atoms with Crippen molar-refractivity contribution in [1.82, 2.24) is 19.8 Å². The number of ether oxygens (including phenoxy) is 1. The lowest BCUT2D eigenvalue weighted by Crippen LogP contribution is -2.30. The Morgan fingerprint density at radius 1 is 1.06 bits per heavy atom. The van der Waals surface area contributed by atoms with Crippen LogP contribution >= 0.6 is 12.2 Å². The lowest BCUT2D eigenvalue weighted by Gasteiger charge is -2.29. The van der Waals surface area contributed by atoms with Crippen molar-refractivity contribution >= 4 is 23.0 Å². The number of hydrogen-bond acceptors (Lipinski definition) is 5. The number of aromatic nitrogens is 2. The van der Waals surface area contributed by atoms with Gasteiger partial charge in [-0.25, -0.2) is 0 Å². The Morgan fingerprint density at radius 3 is 2.49 bits per heavy atom. The smallest absolute Gasteiger partial charge is 0.269 e. The maximum atomic E-state index is 11.1. The molecule has 2 aromatic heterocycles. The number of nitrogens with zero attached hydrogens (tertiary/aromatic N) is 4. The van der Waals surface area contributed by atoms with E-state index in [1.807, 2.05) is 59.3 Å². The normalized spacial score (nSPS) is 17.3. The molecule has 1 saturated heterocycles. The molecule has 0 bridgehead atoms. The highest BCUT2D eigenvalue weighted by Crippen LogP contribution is 2.40. The van der Waals surface area contributed by atoms with Gasteiger partial charge in [-0.2, -0.15) is 0 Å². The summed E-state index contributed by atoms with van der Waals surface area (Å²) in [7, 11) is 1.65. The highest BCUT2D eigenvalue weighted by atomic mass is 32.1. The Morgan fingerprint density at radius 2 is 1.83 bits per heavy atom. The van der Waals surface area contributed by atoms with Crippen LogP contribution in [0.2, 0.25) is 0 Å². The number of rotatable bonds is 7. The Balaban J connectivity index is 1.56. The third kappa shape index (κ3) is 4.45. The highest BCUT2D eigenvalue weighted by molar-refractivity contribution is 7.80. The Kier molecular flexibility index (Phi) is 6.15. The molecular formula is C26H23N5O3S. The van der Waals surface area contributed by atoms with Crippen molar-refractivity contribution < 1.29 is 9.66 Å². The van der Waals surface area contributed by atoms with Crippen molar-refractivity contribution in [3.05, 3.63) is 118 Å². The van der Waals surface area contributed by atoms with Crippen LogP contribution in [0.4, 0.5) is 5.69 Å². The second kappa shape index (κ2) is 9.55. The van der Waals surface area contributed by atoms with Gasteiger partial charge in [0, 0.05) is 42.5 Å². The summed E-state index contributed by atoms with van der Waals surface area (Å²) in [6.45, 7) is 0.593. The van der Waals surface area contributed by atoms with Gasteiger partial charge >= 0.3 is 0 Å². The van der Waals surface area contributed by atoms with Crippen LogP contribution in [0.3, 0.4) is 0 Å². The summed E-state index contributed by atoms with van der Waals surface area (Å²) in [4.78, 5) is 17.5. The molecule has 5 rings (SSSR count). The van der Waals surface area contributed by atoms with Gasteiger partial charge < -0.3 is 19.5 Å². The minimum absolute atomic E-state index is 0.0543. The van der Waals surface area contributed by atoms with Gasteiger partial charge in [0.1, 0.15) is 5.75 Å². The maximum absolute atomic E-state index is 11.1. The molecule has 2 atom stereocenters.